The molecule has 1 aromatic carbocycles. The average Bonchev–Trinajstić information content (AvgIpc) is 2.34. The van der Waals surface area contributed by atoms with E-state index in [1.54, 1.807) is 0 Å². The van der Waals surface area contributed by atoms with Crippen LogP contribution in [0.4, 0.5) is 5.69 Å². The fraction of sp³-hybridized carbons (Fsp3) is 0.455. The van der Waals surface area contributed by atoms with Gasteiger partial charge in [0.05, 0.1) is 22.0 Å². The summed E-state index contributed by atoms with van der Waals surface area (Å²) >= 11 is 5.64. The number of rotatable bonds is 5. The van der Waals surface area contributed by atoms with Crippen molar-refractivity contribution in [3.05, 3.63) is 33.3 Å². The van der Waals surface area contributed by atoms with Gasteiger partial charge in [0.15, 0.2) is 0 Å². The van der Waals surface area contributed by atoms with E-state index < -0.39 is 26.2 Å². The summed E-state index contributed by atoms with van der Waals surface area (Å²) in [5.41, 5.74) is -1.33. The SMILES string of the molecule is O=[N+]([O-])c1cc(S(=O)(=O)NC2(CO)CCC2)ccc1Cl. The van der Waals surface area contributed by atoms with Crippen molar-refractivity contribution in [3.8, 4) is 0 Å². The van der Waals surface area contributed by atoms with Gasteiger partial charge in [-0.3, -0.25) is 10.1 Å². The van der Waals surface area contributed by atoms with Crippen molar-refractivity contribution in [1.82, 2.24) is 4.72 Å². The summed E-state index contributed by atoms with van der Waals surface area (Å²) in [5, 5.41) is 19.9. The van der Waals surface area contributed by atoms with Gasteiger partial charge in [-0.15, -0.1) is 0 Å². The number of nitrogens with zero attached hydrogens (tertiary/aromatic N) is 1. The van der Waals surface area contributed by atoms with Crippen LogP contribution in [0.15, 0.2) is 23.1 Å². The molecule has 0 aliphatic heterocycles. The van der Waals surface area contributed by atoms with Gasteiger partial charge in [-0.05, 0) is 31.4 Å². The zero-order valence-electron chi connectivity index (χ0n) is 10.4. The van der Waals surface area contributed by atoms with Gasteiger partial charge in [-0.1, -0.05) is 11.6 Å². The third-order valence-corrected chi connectivity index (χ3v) is 5.28. The predicted octanol–water partition coefficient (Wildman–Crippen LogP) is 1.44. The van der Waals surface area contributed by atoms with E-state index >= 15 is 0 Å². The number of aliphatic hydroxyl groups is 1. The molecular weight excluding hydrogens is 308 g/mol. The van der Waals surface area contributed by atoms with Crippen LogP contribution in [0.25, 0.3) is 0 Å². The summed E-state index contributed by atoms with van der Waals surface area (Å²) in [6, 6.07) is 3.27. The summed E-state index contributed by atoms with van der Waals surface area (Å²) in [7, 11) is -3.94. The maximum atomic E-state index is 12.2. The lowest BCUT2D eigenvalue weighted by Crippen LogP contribution is -2.55. The van der Waals surface area contributed by atoms with E-state index in [1.807, 2.05) is 0 Å². The first-order chi connectivity index (χ1) is 9.30. The second-order valence-electron chi connectivity index (χ2n) is 4.77. The number of halogens is 1. The molecule has 20 heavy (non-hydrogen) atoms. The Kier molecular flexibility index (Phi) is 4.01. The molecule has 0 bridgehead atoms. The lowest BCUT2D eigenvalue weighted by atomic mass is 9.78. The third-order valence-electron chi connectivity index (χ3n) is 3.39. The predicted molar refractivity (Wildman–Crippen MR) is 72.1 cm³/mol. The van der Waals surface area contributed by atoms with Gasteiger partial charge < -0.3 is 5.11 Å². The molecule has 1 aromatic rings. The molecule has 1 saturated carbocycles. The molecule has 0 spiro atoms. The van der Waals surface area contributed by atoms with E-state index in [2.05, 4.69) is 4.72 Å². The summed E-state index contributed by atoms with van der Waals surface area (Å²) < 4.78 is 26.8. The van der Waals surface area contributed by atoms with Crippen molar-refractivity contribution >= 4 is 27.3 Å². The number of nitro groups is 1. The van der Waals surface area contributed by atoms with Gasteiger partial charge in [-0.2, -0.15) is 0 Å². The molecule has 7 nitrogen and oxygen atoms in total. The monoisotopic (exact) mass is 320 g/mol. The highest BCUT2D eigenvalue weighted by Gasteiger charge is 2.40. The second-order valence-corrected chi connectivity index (χ2v) is 6.86. The van der Waals surface area contributed by atoms with E-state index in [0.717, 1.165) is 12.5 Å². The van der Waals surface area contributed by atoms with Crippen LogP contribution in [0, 0.1) is 10.1 Å². The summed E-state index contributed by atoms with van der Waals surface area (Å²) in [4.78, 5) is 9.79. The number of hydrogen-bond acceptors (Lipinski definition) is 5. The van der Waals surface area contributed by atoms with Gasteiger partial charge in [-0.25, -0.2) is 13.1 Å². The van der Waals surface area contributed by atoms with E-state index in [4.69, 9.17) is 11.6 Å². The highest BCUT2D eigenvalue weighted by Crippen LogP contribution is 2.34. The Morgan fingerprint density at radius 2 is 2.10 bits per heavy atom. The molecule has 0 atom stereocenters. The van der Waals surface area contributed by atoms with Crippen molar-refractivity contribution in [1.29, 1.82) is 0 Å². The molecule has 0 saturated heterocycles. The van der Waals surface area contributed by atoms with Gasteiger partial charge in [0.1, 0.15) is 5.02 Å². The zero-order valence-corrected chi connectivity index (χ0v) is 11.9. The Bertz CT molecular complexity index is 637. The lowest BCUT2D eigenvalue weighted by molar-refractivity contribution is -0.384. The largest absolute Gasteiger partial charge is 0.394 e. The molecule has 0 radical (unpaired) electrons. The van der Waals surface area contributed by atoms with Crippen LogP contribution in [0.2, 0.25) is 5.02 Å². The number of sulfonamides is 1. The van der Waals surface area contributed by atoms with E-state index in [1.165, 1.54) is 12.1 Å². The molecule has 2 N–H and O–H groups in total. The average molecular weight is 321 g/mol. The van der Waals surface area contributed by atoms with Crippen molar-refractivity contribution in [2.45, 2.75) is 29.7 Å². The minimum atomic E-state index is -3.94. The van der Waals surface area contributed by atoms with Gasteiger partial charge in [0.25, 0.3) is 5.69 Å². The number of nitrogens with one attached hydrogen (secondary N) is 1. The van der Waals surface area contributed by atoms with E-state index in [0.29, 0.717) is 12.8 Å². The fourth-order valence-electron chi connectivity index (χ4n) is 2.04. The molecule has 9 heteroatoms. The Morgan fingerprint density at radius 3 is 2.55 bits per heavy atom. The Morgan fingerprint density at radius 1 is 1.45 bits per heavy atom. The third kappa shape index (κ3) is 2.78. The molecule has 0 unspecified atom stereocenters. The van der Waals surface area contributed by atoms with Crippen LogP contribution in [-0.2, 0) is 10.0 Å². The normalized spacial score (nSPS) is 17.5. The topological polar surface area (TPSA) is 110 Å². The summed E-state index contributed by atoms with van der Waals surface area (Å²) in [6.45, 7) is -0.304. The molecule has 1 aliphatic carbocycles. The first-order valence-corrected chi connectivity index (χ1v) is 7.75. The smallest absolute Gasteiger partial charge is 0.289 e. The Labute approximate surface area is 120 Å². The molecule has 110 valence electrons. The summed E-state index contributed by atoms with van der Waals surface area (Å²) in [5.74, 6) is 0. The first kappa shape index (κ1) is 15.2. The molecule has 0 aromatic heterocycles. The van der Waals surface area contributed by atoms with Crippen LogP contribution in [0.1, 0.15) is 19.3 Å². The van der Waals surface area contributed by atoms with Crippen molar-refractivity contribution in [3.63, 3.8) is 0 Å². The van der Waals surface area contributed by atoms with Crippen LogP contribution in [0.5, 0.6) is 0 Å². The second kappa shape index (κ2) is 5.28. The standard InChI is InChI=1S/C11H13ClN2O5S/c12-9-3-2-8(6-10(9)14(16)17)20(18,19)13-11(7-15)4-1-5-11/h2-3,6,13,15H,1,4-5,7H2. The van der Waals surface area contributed by atoms with Crippen LogP contribution >= 0.6 is 11.6 Å². The van der Waals surface area contributed by atoms with Gasteiger partial charge >= 0.3 is 0 Å². The molecular formula is C11H13ClN2O5S. The van der Waals surface area contributed by atoms with E-state index in [-0.39, 0.29) is 16.5 Å². The number of hydrogen-bond donors (Lipinski definition) is 2. The molecule has 0 heterocycles. The minimum Gasteiger partial charge on any atom is -0.394 e. The van der Waals surface area contributed by atoms with Crippen LogP contribution in [-0.4, -0.2) is 30.6 Å². The summed E-state index contributed by atoms with van der Waals surface area (Å²) in [6.07, 6.45) is 1.90. The highest BCUT2D eigenvalue weighted by molar-refractivity contribution is 7.89. The number of nitro benzene ring substituents is 1. The van der Waals surface area contributed by atoms with Crippen LogP contribution < -0.4 is 4.72 Å². The van der Waals surface area contributed by atoms with Crippen molar-refractivity contribution in [2.75, 3.05) is 6.61 Å². The van der Waals surface area contributed by atoms with Crippen molar-refractivity contribution < 1.29 is 18.4 Å². The van der Waals surface area contributed by atoms with Crippen LogP contribution in [0.3, 0.4) is 0 Å². The van der Waals surface area contributed by atoms with Gasteiger partial charge in [0, 0.05) is 6.07 Å². The fourth-order valence-corrected chi connectivity index (χ4v) is 3.70. The maximum absolute atomic E-state index is 12.2. The zero-order chi connectivity index (χ0) is 15.0. The molecule has 1 fully saturated rings. The maximum Gasteiger partial charge on any atom is 0.289 e. The molecule has 1 aliphatic rings. The van der Waals surface area contributed by atoms with E-state index in [9.17, 15) is 23.6 Å². The highest BCUT2D eigenvalue weighted by atomic mass is 35.5. The number of aliphatic hydroxyl groups excluding tert-OH is 1. The Balaban J connectivity index is 2.35. The lowest BCUT2D eigenvalue weighted by Gasteiger charge is -2.40. The molecule has 2 rings (SSSR count). The number of benzene rings is 1. The quantitative estimate of drug-likeness (QED) is 0.630. The van der Waals surface area contributed by atoms with Gasteiger partial charge in [0.2, 0.25) is 10.0 Å². The Hall–Kier alpha value is -1.22. The first-order valence-electron chi connectivity index (χ1n) is 5.88. The minimum absolute atomic E-state index is 0.130. The molecule has 0 amide bonds. The van der Waals surface area contributed by atoms with Crippen molar-refractivity contribution in [2.24, 2.45) is 0 Å².